The molecular weight excluding hydrogens is 324 g/mol. The van der Waals surface area contributed by atoms with Crippen LogP contribution in [0.2, 0.25) is 0 Å². The van der Waals surface area contributed by atoms with E-state index >= 15 is 0 Å². The van der Waals surface area contributed by atoms with Crippen LogP contribution in [0, 0.1) is 6.92 Å². The van der Waals surface area contributed by atoms with Gasteiger partial charge in [-0.2, -0.15) is 0 Å². The highest BCUT2D eigenvalue weighted by atomic mass is 16.3. The van der Waals surface area contributed by atoms with Crippen molar-refractivity contribution in [2.45, 2.75) is 20.3 Å². The molecule has 136 valence electrons. The number of aromatic nitrogens is 2. The van der Waals surface area contributed by atoms with Crippen LogP contribution in [0.25, 0.3) is 17.0 Å². The van der Waals surface area contributed by atoms with Crippen LogP contribution < -0.4 is 10.2 Å². The number of anilines is 1. The summed E-state index contributed by atoms with van der Waals surface area (Å²) in [5, 5.41) is 13.6. The number of piperazine rings is 1. The minimum absolute atomic E-state index is 0.305. The molecule has 0 aliphatic carbocycles. The summed E-state index contributed by atoms with van der Waals surface area (Å²) in [5.41, 5.74) is 2.19. The molecule has 1 saturated heterocycles. The zero-order valence-electron chi connectivity index (χ0n) is 15.4. The molecule has 1 aliphatic rings. The van der Waals surface area contributed by atoms with Crippen molar-refractivity contribution in [1.29, 1.82) is 0 Å². The zero-order chi connectivity index (χ0) is 18.4. The molecule has 3 rings (SSSR count). The highest BCUT2D eigenvalue weighted by Crippen LogP contribution is 2.25. The number of nitrogens with one attached hydrogen (secondary N) is 1. The number of aryl methyl sites for hydroxylation is 1. The van der Waals surface area contributed by atoms with Crippen molar-refractivity contribution in [1.82, 2.24) is 15.3 Å². The van der Waals surface area contributed by atoms with Crippen LogP contribution in [-0.2, 0) is 0 Å². The third kappa shape index (κ3) is 4.70. The van der Waals surface area contributed by atoms with Crippen molar-refractivity contribution in [2.75, 3.05) is 31.1 Å². The van der Waals surface area contributed by atoms with Crippen LogP contribution >= 0.6 is 0 Å². The minimum Gasteiger partial charge on any atom is -0.513 e. The van der Waals surface area contributed by atoms with Gasteiger partial charge < -0.3 is 15.3 Å². The Kier molecular flexibility index (Phi) is 6.02. The summed E-state index contributed by atoms with van der Waals surface area (Å²) in [4.78, 5) is 11.9. The number of aliphatic hydroxyl groups excluding tert-OH is 1. The summed E-state index contributed by atoms with van der Waals surface area (Å²) in [6.07, 6.45) is 10.3. The maximum Gasteiger partial charge on any atom is 0.154 e. The lowest BCUT2D eigenvalue weighted by molar-refractivity contribution is 0.414. The SMILES string of the molecule is C/C(O)=C\C=CC/C=C/c1nc(N2CCNCC2)c2ccc(C)cc2n1. The summed E-state index contributed by atoms with van der Waals surface area (Å²) in [6, 6.07) is 6.37. The van der Waals surface area contributed by atoms with Crippen molar-refractivity contribution >= 4 is 22.8 Å². The Balaban J connectivity index is 1.87. The van der Waals surface area contributed by atoms with E-state index in [0.29, 0.717) is 5.76 Å². The summed E-state index contributed by atoms with van der Waals surface area (Å²) in [5.74, 6) is 2.06. The average Bonchev–Trinajstić information content (AvgIpc) is 2.64. The smallest absolute Gasteiger partial charge is 0.154 e. The molecule has 1 aliphatic heterocycles. The Bertz CT molecular complexity index is 844. The van der Waals surface area contributed by atoms with Gasteiger partial charge in [0.15, 0.2) is 5.82 Å². The van der Waals surface area contributed by atoms with Crippen LogP contribution in [0.3, 0.4) is 0 Å². The van der Waals surface area contributed by atoms with E-state index in [9.17, 15) is 0 Å². The Morgan fingerprint density at radius 1 is 1.23 bits per heavy atom. The topological polar surface area (TPSA) is 61.3 Å². The van der Waals surface area contributed by atoms with E-state index in [4.69, 9.17) is 15.1 Å². The van der Waals surface area contributed by atoms with Crippen LogP contribution in [0.1, 0.15) is 24.7 Å². The molecule has 0 saturated carbocycles. The van der Waals surface area contributed by atoms with E-state index in [0.717, 1.165) is 55.1 Å². The second-order valence-corrected chi connectivity index (χ2v) is 6.54. The van der Waals surface area contributed by atoms with Gasteiger partial charge in [-0.15, -0.1) is 0 Å². The molecule has 1 aromatic carbocycles. The Morgan fingerprint density at radius 2 is 2.04 bits per heavy atom. The molecular formula is C21H26N4O. The molecule has 0 amide bonds. The maximum atomic E-state index is 9.13. The molecule has 0 radical (unpaired) electrons. The Hall–Kier alpha value is -2.66. The Morgan fingerprint density at radius 3 is 2.81 bits per heavy atom. The first-order valence-electron chi connectivity index (χ1n) is 9.06. The van der Waals surface area contributed by atoms with Crippen LogP contribution in [-0.4, -0.2) is 41.3 Å². The number of nitrogens with zero attached hydrogens (tertiary/aromatic N) is 3. The van der Waals surface area contributed by atoms with E-state index in [-0.39, 0.29) is 0 Å². The molecule has 5 nitrogen and oxygen atoms in total. The molecule has 0 atom stereocenters. The minimum atomic E-state index is 0.305. The van der Waals surface area contributed by atoms with Crippen molar-refractivity contribution in [3.8, 4) is 0 Å². The van der Waals surface area contributed by atoms with E-state index in [1.54, 1.807) is 13.0 Å². The van der Waals surface area contributed by atoms with Gasteiger partial charge in [-0.3, -0.25) is 0 Å². The number of rotatable bonds is 5. The number of aliphatic hydroxyl groups is 1. The molecule has 2 aromatic rings. The lowest BCUT2D eigenvalue weighted by Crippen LogP contribution is -2.44. The van der Waals surface area contributed by atoms with Gasteiger partial charge in [0.05, 0.1) is 11.3 Å². The molecule has 5 heteroatoms. The summed E-state index contributed by atoms with van der Waals surface area (Å²) in [6.45, 7) is 7.61. The van der Waals surface area contributed by atoms with Crippen molar-refractivity contribution < 1.29 is 5.11 Å². The van der Waals surface area contributed by atoms with Crippen LogP contribution in [0.15, 0.2) is 48.3 Å². The van der Waals surface area contributed by atoms with Gasteiger partial charge in [0.1, 0.15) is 5.82 Å². The third-order valence-electron chi connectivity index (χ3n) is 4.28. The van der Waals surface area contributed by atoms with Crippen molar-refractivity contribution in [2.24, 2.45) is 0 Å². The predicted octanol–water partition coefficient (Wildman–Crippen LogP) is 3.77. The van der Waals surface area contributed by atoms with Gasteiger partial charge in [0.25, 0.3) is 0 Å². The first kappa shape index (κ1) is 18.1. The quantitative estimate of drug-likeness (QED) is 0.635. The number of hydrogen-bond donors (Lipinski definition) is 2. The molecule has 26 heavy (non-hydrogen) atoms. The summed E-state index contributed by atoms with van der Waals surface area (Å²) >= 11 is 0. The maximum absolute atomic E-state index is 9.13. The standard InChI is InChI=1S/C21H26N4O/c1-16-9-10-18-19(15-16)23-20(8-6-4-3-5-7-17(2)26)24-21(18)25-13-11-22-12-14-25/h3,5-10,15,22,26H,4,11-14H2,1-2H3/b5-3?,8-6+,17-7+. The largest absolute Gasteiger partial charge is 0.513 e. The van der Waals surface area contributed by atoms with Gasteiger partial charge in [0, 0.05) is 31.6 Å². The second kappa shape index (κ2) is 8.63. The highest BCUT2D eigenvalue weighted by molar-refractivity contribution is 5.90. The third-order valence-corrected chi connectivity index (χ3v) is 4.28. The van der Waals surface area contributed by atoms with Crippen molar-refractivity contribution in [3.05, 3.63) is 59.7 Å². The lowest BCUT2D eigenvalue weighted by Gasteiger charge is -2.29. The molecule has 0 spiro atoms. The van der Waals surface area contributed by atoms with Crippen molar-refractivity contribution in [3.63, 3.8) is 0 Å². The number of benzene rings is 1. The average molecular weight is 350 g/mol. The molecule has 2 heterocycles. The summed E-state index contributed by atoms with van der Waals surface area (Å²) < 4.78 is 0. The highest BCUT2D eigenvalue weighted by Gasteiger charge is 2.16. The zero-order valence-corrected chi connectivity index (χ0v) is 15.4. The lowest BCUT2D eigenvalue weighted by atomic mass is 10.1. The normalized spacial score (nSPS) is 16.2. The van der Waals surface area contributed by atoms with E-state index in [1.165, 1.54) is 5.56 Å². The second-order valence-electron chi connectivity index (χ2n) is 6.54. The fourth-order valence-electron chi connectivity index (χ4n) is 2.97. The monoisotopic (exact) mass is 350 g/mol. The molecule has 0 unspecified atom stereocenters. The predicted molar refractivity (Wildman–Crippen MR) is 109 cm³/mol. The fraction of sp³-hybridized carbons (Fsp3) is 0.333. The Labute approximate surface area is 154 Å². The van der Waals surface area contributed by atoms with Gasteiger partial charge in [0.2, 0.25) is 0 Å². The summed E-state index contributed by atoms with van der Waals surface area (Å²) in [7, 11) is 0. The number of fused-ring (bicyclic) bond motifs is 1. The van der Waals surface area contributed by atoms with E-state index in [2.05, 4.69) is 35.3 Å². The van der Waals surface area contributed by atoms with E-state index in [1.807, 2.05) is 24.3 Å². The van der Waals surface area contributed by atoms with Crippen LogP contribution in [0.5, 0.6) is 0 Å². The molecule has 1 aromatic heterocycles. The fourth-order valence-corrected chi connectivity index (χ4v) is 2.97. The first-order chi connectivity index (χ1) is 12.6. The molecule has 0 bridgehead atoms. The number of hydrogen-bond acceptors (Lipinski definition) is 5. The van der Waals surface area contributed by atoms with Gasteiger partial charge in [-0.1, -0.05) is 24.3 Å². The van der Waals surface area contributed by atoms with Gasteiger partial charge >= 0.3 is 0 Å². The number of allylic oxidation sites excluding steroid dienone is 5. The first-order valence-corrected chi connectivity index (χ1v) is 9.06. The van der Waals surface area contributed by atoms with Gasteiger partial charge in [-0.05, 0) is 50.1 Å². The van der Waals surface area contributed by atoms with E-state index < -0.39 is 0 Å². The van der Waals surface area contributed by atoms with Crippen LogP contribution in [0.4, 0.5) is 5.82 Å². The molecule has 1 fully saturated rings. The molecule has 2 N–H and O–H groups in total. The van der Waals surface area contributed by atoms with Gasteiger partial charge in [-0.25, -0.2) is 9.97 Å².